The van der Waals surface area contributed by atoms with E-state index in [2.05, 4.69) is 10.6 Å². The molecule has 0 radical (unpaired) electrons. The predicted octanol–water partition coefficient (Wildman–Crippen LogP) is 2.18. The Kier molecular flexibility index (Phi) is 9.58. The summed E-state index contributed by atoms with van der Waals surface area (Å²) in [6, 6.07) is 5.54. The minimum atomic E-state index is -0.462. The van der Waals surface area contributed by atoms with Crippen molar-refractivity contribution in [3.8, 4) is 0 Å². The lowest BCUT2D eigenvalue weighted by molar-refractivity contribution is -0.121. The fraction of sp³-hybridized carbons (Fsp3) is 0.467. The molecule has 4 nitrogen and oxygen atoms in total. The van der Waals surface area contributed by atoms with Gasteiger partial charge in [-0.1, -0.05) is 26.0 Å². The van der Waals surface area contributed by atoms with E-state index in [1.807, 2.05) is 6.92 Å². The predicted molar refractivity (Wildman–Crippen MR) is 83.3 cm³/mol. The van der Waals surface area contributed by atoms with Crippen molar-refractivity contribution in [1.82, 2.24) is 10.6 Å². The summed E-state index contributed by atoms with van der Waals surface area (Å²) in [6.07, 6.45) is 0.113. The Morgan fingerprint density at radius 1 is 1.29 bits per heavy atom. The van der Waals surface area contributed by atoms with Crippen molar-refractivity contribution in [2.24, 2.45) is 5.92 Å². The van der Waals surface area contributed by atoms with Crippen molar-refractivity contribution in [3.63, 3.8) is 0 Å². The van der Waals surface area contributed by atoms with Crippen molar-refractivity contribution in [3.05, 3.63) is 35.6 Å². The molecule has 2 N–H and O–H groups in total. The van der Waals surface area contributed by atoms with E-state index in [-0.39, 0.29) is 30.5 Å². The molecule has 0 aromatic heterocycles. The van der Waals surface area contributed by atoms with Crippen LogP contribution in [0.3, 0.4) is 0 Å². The average molecular weight is 317 g/mol. The highest BCUT2D eigenvalue weighted by atomic mass is 35.5. The van der Waals surface area contributed by atoms with Crippen molar-refractivity contribution in [1.29, 1.82) is 0 Å². The number of nitrogens with one attached hydrogen (secondary N) is 2. The van der Waals surface area contributed by atoms with Crippen molar-refractivity contribution in [2.75, 3.05) is 19.6 Å². The Labute approximate surface area is 130 Å². The van der Waals surface area contributed by atoms with Crippen LogP contribution in [0.5, 0.6) is 0 Å². The van der Waals surface area contributed by atoms with Gasteiger partial charge in [0.2, 0.25) is 5.91 Å². The number of amides is 1. The Bertz CT molecular complexity index is 469. The van der Waals surface area contributed by atoms with Gasteiger partial charge >= 0.3 is 0 Å². The third-order valence-electron chi connectivity index (χ3n) is 2.92. The van der Waals surface area contributed by atoms with Gasteiger partial charge in [-0.3, -0.25) is 9.59 Å². The highest BCUT2D eigenvalue weighted by molar-refractivity contribution is 5.99. The molecule has 0 fully saturated rings. The van der Waals surface area contributed by atoms with Crippen LogP contribution in [0, 0.1) is 11.7 Å². The molecular formula is C15H22ClFN2O2. The van der Waals surface area contributed by atoms with Gasteiger partial charge in [-0.15, -0.1) is 12.4 Å². The van der Waals surface area contributed by atoms with Crippen LogP contribution in [0.4, 0.5) is 4.39 Å². The van der Waals surface area contributed by atoms with Gasteiger partial charge in [0.25, 0.3) is 0 Å². The average Bonchev–Trinajstić information content (AvgIpc) is 2.42. The Hall–Kier alpha value is -1.46. The van der Waals surface area contributed by atoms with Gasteiger partial charge in [0.1, 0.15) is 5.82 Å². The van der Waals surface area contributed by atoms with Gasteiger partial charge < -0.3 is 10.6 Å². The molecule has 21 heavy (non-hydrogen) atoms. The number of hydrogen-bond donors (Lipinski definition) is 2. The van der Waals surface area contributed by atoms with E-state index in [9.17, 15) is 14.0 Å². The van der Waals surface area contributed by atoms with E-state index in [1.165, 1.54) is 18.2 Å². The van der Waals surface area contributed by atoms with Crippen LogP contribution in [0.1, 0.15) is 30.6 Å². The molecule has 0 saturated heterocycles. The number of Topliss-reactive ketones (excluding diaryl/α,β-unsaturated/α-hetero) is 1. The Morgan fingerprint density at radius 3 is 2.62 bits per heavy atom. The van der Waals surface area contributed by atoms with E-state index in [1.54, 1.807) is 13.0 Å². The lowest BCUT2D eigenvalue weighted by atomic mass is 9.96. The van der Waals surface area contributed by atoms with Gasteiger partial charge in [-0.05, 0) is 18.7 Å². The van der Waals surface area contributed by atoms with E-state index in [0.29, 0.717) is 18.7 Å². The van der Waals surface area contributed by atoms with Gasteiger partial charge in [0.05, 0.1) is 0 Å². The van der Waals surface area contributed by atoms with Crippen LogP contribution in [0.25, 0.3) is 0 Å². The van der Waals surface area contributed by atoms with Gasteiger partial charge in [0.15, 0.2) is 5.78 Å². The maximum atomic E-state index is 13.1. The molecule has 1 rings (SSSR count). The third kappa shape index (κ3) is 7.20. The van der Waals surface area contributed by atoms with Crippen LogP contribution in [-0.4, -0.2) is 31.3 Å². The molecule has 0 aliphatic rings. The molecule has 1 aromatic carbocycles. The van der Waals surface area contributed by atoms with Gasteiger partial charge in [-0.25, -0.2) is 4.39 Å². The first-order valence-corrected chi connectivity index (χ1v) is 6.81. The summed E-state index contributed by atoms with van der Waals surface area (Å²) in [7, 11) is 0. The van der Waals surface area contributed by atoms with Gasteiger partial charge in [-0.2, -0.15) is 0 Å². The number of rotatable bonds is 8. The largest absolute Gasteiger partial charge is 0.355 e. The molecule has 118 valence electrons. The summed E-state index contributed by atoms with van der Waals surface area (Å²) >= 11 is 0. The first-order valence-electron chi connectivity index (χ1n) is 6.81. The van der Waals surface area contributed by atoms with Crippen LogP contribution in [0.2, 0.25) is 0 Å². The highest BCUT2D eigenvalue weighted by Gasteiger charge is 2.18. The SMILES string of the molecule is CCNCCNC(=O)CC(C)C(=O)c1cccc(F)c1.Cl. The molecular weight excluding hydrogens is 295 g/mol. The van der Waals surface area contributed by atoms with Crippen molar-refractivity contribution in [2.45, 2.75) is 20.3 Å². The summed E-state index contributed by atoms with van der Waals surface area (Å²) in [5, 5.41) is 5.83. The summed E-state index contributed by atoms with van der Waals surface area (Å²) in [6.45, 7) is 5.75. The lowest BCUT2D eigenvalue weighted by Crippen LogP contribution is -2.33. The van der Waals surface area contributed by atoms with Gasteiger partial charge in [0, 0.05) is 31.0 Å². The molecule has 0 aliphatic heterocycles. The Morgan fingerprint density at radius 2 is 2.00 bits per heavy atom. The third-order valence-corrected chi connectivity index (χ3v) is 2.92. The number of likely N-dealkylation sites (N-methyl/N-ethyl adjacent to an activating group) is 1. The smallest absolute Gasteiger partial charge is 0.220 e. The number of benzene rings is 1. The number of hydrogen-bond acceptors (Lipinski definition) is 3. The molecule has 1 unspecified atom stereocenters. The zero-order chi connectivity index (χ0) is 15.0. The van der Waals surface area contributed by atoms with Crippen LogP contribution < -0.4 is 10.6 Å². The first kappa shape index (κ1) is 19.5. The molecule has 1 amide bonds. The summed E-state index contributed by atoms with van der Waals surface area (Å²) in [5.74, 6) is -1.29. The summed E-state index contributed by atoms with van der Waals surface area (Å²) in [4.78, 5) is 23.7. The maximum absolute atomic E-state index is 13.1. The van der Waals surface area contributed by atoms with E-state index in [4.69, 9.17) is 0 Å². The fourth-order valence-electron chi connectivity index (χ4n) is 1.84. The normalized spacial score (nSPS) is 11.4. The van der Waals surface area contributed by atoms with E-state index < -0.39 is 11.7 Å². The summed E-state index contributed by atoms with van der Waals surface area (Å²) in [5.41, 5.74) is 0.304. The topological polar surface area (TPSA) is 58.2 Å². The Balaban J connectivity index is 0.00000400. The zero-order valence-electron chi connectivity index (χ0n) is 12.3. The minimum absolute atomic E-state index is 0. The summed E-state index contributed by atoms with van der Waals surface area (Å²) < 4.78 is 13.1. The van der Waals surface area contributed by atoms with Crippen molar-refractivity contribution >= 4 is 24.1 Å². The molecule has 0 aliphatic carbocycles. The monoisotopic (exact) mass is 316 g/mol. The second-order valence-corrected chi connectivity index (χ2v) is 4.68. The lowest BCUT2D eigenvalue weighted by Gasteiger charge is -2.11. The quantitative estimate of drug-likeness (QED) is 0.571. The number of carbonyl (C=O) groups is 2. The molecule has 6 heteroatoms. The number of ketones is 1. The van der Waals surface area contributed by atoms with E-state index in [0.717, 1.165) is 6.54 Å². The second-order valence-electron chi connectivity index (χ2n) is 4.68. The van der Waals surface area contributed by atoms with Crippen molar-refractivity contribution < 1.29 is 14.0 Å². The highest BCUT2D eigenvalue weighted by Crippen LogP contribution is 2.13. The molecule has 0 bridgehead atoms. The molecule has 0 spiro atoms. The van der Waals surface area contributed by atoms with Crippen LogP contribution in [0.15, 0.2) is 24.3 Å². The number of carbonyl (C=O) groups excluding carboxylic acids is 2. The zero-order valence-corrected chi connectivity index (χ0v) is 13.1. The first-order chi connectivity index (χ1) is 9.54. The molecule has 0 saturated carbocycles. The minimum Gasteiger partial charge on any atom is -0.355 e. The van der Waals surface area contributed by atoms with E-state index >= 15 is 0 Å². The standard InChI is InChI=1S/C15H21FN2O2.ClH/c1-3-17-7-8-18-14(19)9-11(2)15(20)12-5-4-6-13(16)10-12;/h4-6,10-11,17H,3,7-9H2,1-2H3,(H,18,19);1H. The fourth-order valence-corrected chi connectivity index (χ4v) is 1.84. The maximum Gasteiger partial charge on any atom is 0.220 e. The molecule has 1 aromatic rings. The molecule has 0 heterocycles. The molecule has 1 atom stereocenters. The number of halogens is 2. The van der Waals surface area contributed by atoms with Crippen LogP contribution >= 0.6 is 12.4 Å². The van der Waals surface area contributed by atoms with Crippen LogP contribution in [-0.2, 0) is 4.79 Å². The second kappa shape index (κ2) is 10.3.